The van der Waals surface area contributed by atoms with E-state index >= 15 is 0 Å². The van der Waals surface area contributed by atoms with Gasteiger partial charge in [0.2, 0.25) is 5.91 Å². The minimum Gasteiger partial charge on any atom is -0.367 e. The third-order valence-corrected chi connectivity index (χ3v) is 5.83. The molecule has 0 spiro atoms. The summed E-state index contributed by atoms with van der Waals surface area (Å²) in [5.74, 6) is -1.25. The molecular weight excluding hydrogens is 396 g/mol. The maximum absolute atomic E-state index is 13.2. The van der Waals surface area contributed by atoms with E-state index < -0.39 is 18.2 Å². The van der Waals surface area contributed by atoms with Crippen molar-refractivity contribution in [3.05, 3.63) is 23.4 Å². The molecule has 10 nitrogen and oxygen atoms in total. The molecule has 0 saturated carbocycles. The van der Waals surface area contributed by atoms with E-state index in [1.165, 1.54) is 0 Å². The van der Waals surface area contributed by atoms with Gasteiger partial charge in [-0.2, -0.15) is 0 Å². The second kappa shape index (κ2) is 9.77. The average molecular weight is 425 g/mol. The predicted octanol–water partition coefficient (Wildman–Crippen LogP) is -0.0922. The number of hydrogen-bond acceptors (Lipinski definition) is 9. The first-order valence-electron chi connectivity index (χ1n) is 9.74. The number of pyridine rings is 1. The van der Waals surface area contributed by atoms with Crippen LogP contribution in [0.4, 0.5) is 11.4 Å². The zero-order chi connectivity index (χ0) is 21.0. The second-order valence-corrected chi connectivity index (χ2v) is 8.30. The highest BCUT2D eigenvalue weighted by Gasteiger charge is 2.40. The Hall–Kier alpha value is -1.85. The number of amides is 1. The van der Waals surface area contributed by atoms with E-state index in [4.69, 9.17) is 17.3 Å². The van der Waals surface area contributed by atoms with Crippen LogP contribution in [0.5, 0.6) is 0 Å². The number of rotatable bonds is 6. The van der Waals surface area contributed by atoms with Crippen molar-refractivity contribution in [3.63, 3.8) is 0 Å². The molecule has 160 valence electrons. The Kier molecular flexibility index (Phi) is 7.36. The number of nitroso groups, excluding NO2 is 1. The molecule has 1 amide bonds. The summed E-state index contributed by atoms with van der Waals surface area (Å²) >= 11 is 6.18. The van der Waals surface area contributed by atoms with Gasteiger partial charge in [0.15, 0.2) is 6.17 Å². The topological polar surface area (TPSA) is 119 Å². The highest BCUT2D eigenvalue weighted by atomic mass is 35.5. The molecular formula is C18H29ClN8O2. The molecule has 4 unspecified atom stereocenters. The Morgan fingerprint density at radius 3 is 2.76 bits per heavy atom. The van der Waals surface area contributed by atoms with Gasteiger partial charge in [-0.05, 0) is 20.2 Å². The van der Waals surface area contributed by atoms with Crippen molar-refractivity contribution >= 4 is 28.9 Å². The predicted molar refractivity (Wildman–Crippen MR) is 114 cm³/mol. The van der Waals surface area contributed by atoms with Gasteiger partial charge in [-0.15, -0.1) is 16.5 Å². The lowest BCUT2D eigenvalue weighted by molar-refractivity contribution is -0.123. The van der Waals surface area contributed by atoms with Crippen molar-refractivity contribution in [2.45, 2.75) is 17.7 Å². The molecule has 1 aromatic heterocycles. The molecule has 3 rings (SSSR count). The lowest BCUT2D eigenvalue weighted by Gasteiger charge is -2.40. The number of carbonyl (C=O) groups excluding carboxylic acids is 1. The summed E-state index contributed by atoms with van der Waals surface area (Å²) in [7, 11) is 3.92. The number of hydrogen-bond donors (Lipinski definition) is 3. The zero-order valence-corrected chi connectivity index (χ0v) is 17.5. The van der Waals surface area contributed by atoms with Crippen molar-refractivity contribution in [3.8, 4) is 0 Å². The van der Waals surface area contributed by atoms with Gasteiger partial charge in [-0.1, -0.05) is 5.18 Å². The SMILES string of the molecule is CN1CCN(c2ccncc2NC(=O)C(C(N)N=O)C2NCC(Cl)CN2C)CC1. The molecule has 2 aliphatic rings. The molecule has 4 atom stereocenters. The zero-order valence-electron chi connectivity index (χ0n) is 16.8. The number of halogens is 1. The molecule has 2 fully saturated rings. The number of piperazine rings is 1. The van der Waals surface area contributed by atoms with Crippen LogP contribution in [0.25, 0.3) is 0 Å². The molecule has 11 heteroatoms. The van der Waals surface area contributed by atoms with Crippen LogP contribution in [0, 0.1) is 10.8 Å². The first kappa shape index (κ1) is 21.8. The molecule has 2 aliphatic heterocycles. The maximum Gasteiger partial charge on any atom is 0.234 e. The van der Waals surface area contributed by atoms with Gasteiger partial charge in [-0.25, -0.2) is 0 Å². The summed E-state index contributed by atoms with van der Waals surface area (Å²) < 4.78 is 0. The molecule has 3 heterocycles. The van der Waals surface area contributed by atoms with Crippen molar-refractivity contribution in [1.29, 1.82) is 0 Å². The van der Waals surface area contributed by atoms with Crippen LogP contribution in [0.1, 0.15) is 0 Å². The van der Waals surface area contributed by atoms with E-state index in [2.05, 4.69) is 37.6 Å². The number of nitrogens with one attached hydrogen (secondary N) is 2. The van der Waals surface area contributed by atoms with Crippen molar-refractivity contribution in [2.24, 2.45) is 16.8 Å². The quantitative estimate of drug-likeness (QED) is 0.428. The minimum atomic E-state index is -1.19. The number of carbonyl (C=O) groups is 1. The van der Waals surface area contributed by atoms with E-state index in [1.54, 1.807) is 12.4 Å². The summed E-state index contributed by atoms with van der Waals surface area (Å²) in [5.41, 5.74) is 7.42. The summed E-state index contributed by atoms with van der Waals surface area (Å²) in [5, 5.41) is 8.99. The first-order valence-corrected chi connectivity index (χ1v) is 10.2. The van der Waals surface area contributed by atoms with Gasteiger partial charge in [-0.3, -0.25) is 20.0 Å². The Bertz CT molecular complexity index is 715. The van der Waals surface area contributed by atoms with E-state index in [9.17, 15) is 9.70 Å². The van der Waals surface area contributed by atoms with E-state index in [0.29, 0.717) is 18.8 Å². The number of nitrogens with two attached hydrogens (primary N) is 1. The van der Waals surface area contributed by atoms with Gasteiger partial charge in [0.05, 0.1) is 29.1 Å². The van der Waals surface area contributed by atoms with Crippen molar-refractivity contribution < 1.29 is 4.79 Å². The van der Waals surface area contributed by atoms with Crippen LogP contribution < -0.4 is 21.3 Å². The molecule has 1 aromatic rings. The second-order valence-electron chi connectivity index (χ2n) is 7.68. The van der Waals surface area contributed by atoms with Crippen LogP contribution in [-0.2, 0) is 4.79 Å². The van der Waals surface area contributed by atoms with Gasteiger partial charge < -0.3 is 20.9 Å². The highest BCUT2D eigenvalue weighted by molar-refractivity contribution is 6.21. The van der Waals surface area contributed by atoms with Crippen LogP contribution in [0.15, 0.2) is 23.6 Å². The number of nitrogens with zero attached hydrogens (tertiary/aromatic N) is 5. The molecule has 29 heavy (non-hydrogen) atoms. The lowest BCUT2D eigenvalue weighted by atomic mass is 9.98. The Morgan fingerprint density at radius 2 is 2.10 bits per heavy atom. The molecule has 0 aliphatic carbocycles. The Balaban J connectivity index is 1.79. The van der Waals surface area contributed by atoms with Crippen molar-refractivity contribution in [1.82, 2.24) is 20.1 Å². The fourth-order valence-corrected chi connectivity index (χ4v) is 4.18. The van der Waals surface area contributed by atoms with E-state index in [0.717, 1.165) is 31.9 Å². The summed E-state index contributed by atoms with van der Waals surface area (Å²) in [6, 6.07) is 1.89. The normalized spacial score (nSPS) is 26.0. The van der Waals surface area contributed by atoms with Crippen molar-refractivity contribution in [2.75, 3.05) is 63.6 Å². The van der Waals surface area contributed by atoms with Crippen LogP contribution in [-0.4, -0.2) is 91.8 Å². The summed E-state index contributed by atoms with van der Waals surface area (Å²) in [4.78, 5) is 34.9. The van der Waals surface area contributed by atoms with Gasteiger partial charge in [0.25, 0.3) is 0 Å². The number of likely N-dealkylation sites (N-methyl/N-ethyl adjacent to an activating group) is 1. The molecule has 4 N–H and O–H groups in total. The van der Waals surface area contributed by atoms with E-state index in [-0.39, 0.29) is 11.3 Å². The van der Waals surface area contributed by atoms with Crippen LogP contribution in [0.2, 0.25) is 0 Å². The molecule has 0 bridgehead atoms. The first-order chi connectivity index (χ1) is 13.9. The third-order valence-electron chi connectivity index (χ3n) is 5.54. The summed E-state index contributed by atoms with van der Waals surface area (Å²) in [6.07, 6.45) is 1.69. The fourth-order valence-electron chi connectivity index (χ4n) is 3.87. The summed E-state index contributed by atoms with van der Waals surface area (Å²) in [6.45, 7) is 4.68. The molecule has 0 radical (unpaired) electrons. The standard InChI is InChI=1S/C18H29ClN8O2/c1-25-5-7-27(8-6-25)14-3-4-21-10-13(14)23-18(28)15(16(20)24-29)17-22-9-12(19)11-26(17)2/h3-4,10,12,15-17,22H,5-9,11,20H2,1-2H3,(H,23,28). The number of alkyl halides is 1. The minimum absolute atomic E-state index is 0.0810. The maximum atomic E-state index is 13.2. The fraction of sp³-hybridized carbons (Fsp3) is 0.667. The van der Waals surface area contributed by atoms with E-state index in [1.807, 2.05) is 18.0 Å². The largest absolute Gasteiger partial charge is 0.367 e. The smallest absolute Gasteiger partial charge is 0.234 e. The number of aromatic nitrogens is 1. The Morgan fingerprint density at radius 1 is 1.38 bits per heavy atom. The van der Waals surface area contributed by atoms with Gasteiger partial charge in [0.1, 0.15) is 5.92 Å². The lowest BCUT2D eigenvalue weighted by Crippen LogP contribution is -2.62. The van der Waals surface area contributed by atoms with Crippen LogP contribution in [0.3, 0.4) is 0 Å². The monoisotopic (exact) mass is 424 g/mol. The average Bonchev–Trinajstić information content (AvgIpc) is 2.71. The Labute approximate surface area is 175 Å². The third kappa shape index (κ3) is 5.20. The number of anilines is 2. The highest BCUT2D eigenvalue weighted by Crippen LogP contribution is 2.27. The van der Waals surface area contributed by atoms with Gasteiger partial charge >= 0.3 is 0 Å². The molecule has 0 aromatic carbocycles. The van der Waals surface area contributed by atoms with Crippen LogP contribution >= 0.6 is 11.6 Å². The van der Waals surface area contributed by atoms with Gasteiger partial charge in [0, 0.05) is 45.5 Å². The molecule has 2 saturated heterocycles.